The fourth-order valence-electron chi connectivity index (χ4n) is 3.56. The van der Waals surface area contributed by atoms with E-state index in [1.807, 2.05) is 54.0 Å². The summed E-state index contributed by atoms with van der Waals surface area (Å²) in [7, 11) is 0. The van der Waals surface area contributed by atoms with Crippen LogP contribution in [0.5, 0.6) is 0 Å². The van der Waals surface area contributed by atoms with Crippen LogP contribution in [-0.2, 0) is 6.42 Å². The smallest absolute Gasteiger partial charge is 0.254 e. The van der Waals surface area contributed by atoms with E-state index in [2.05, 4.69) is 17.1 Å². The second-order valence-electron chi connectivity index (χ2n) is 6.79. The molecule has 1 aliphatic heterocycles. The molecule has 0 bridgehead atoms. The van der Waals surface area contributed by atoms with Gasteiger partial charge in [-0.1, -0.05) is 30.3 Å². The van der Waals surface area contributed by atoms with Crippen molar-refractivity contribution in [3.8, 4) is 0 Å². The van der Waals surface area contributed by atoms with Crippen LogP contribution in [0.1, 0.15) is 21.6 Å². The zero-order chi connectivity index (χ0) is 17.4. The molecule has 0 radical (unpaired) electrons. The lowest BCUT2D eigenvalue weighted by molar-refractivity contribution is 0.0764. The number of benzene rings is 1. The van der Waals surface area contributed by atoms with Crippen molar-refractivity contribution in [2.75, 3.05) is 13.1 Å². The maximum atomic E-state index is 12.8. The molecule has 3 heterocycles. The number of hydrogen-bond donors (Lipinski definition) is 1. The summed E-state index contributed by atoms with van der Waals surface area (Å²) in [6.07, 6.45) is 4.08. The molecule has 1 N–H and O–H groups in total. The highest BCUT2D eigenvalue weighted by Crippen LogP contribution is 2.23. The molecule has 5 heteroatoms. The van der Waals surface area contributed by atoms with E-state index in [1.165, 1.54) is 5.56 Å². The monoisotopic (exact) mass is 335 g/mol. The van der Waals surface area contributed by atoms with Crippen molar-refractivity contribution in [2.45, 2.75) is 19.4 Å². The molecular weight excluding hydrogens is 314 g/mol. The second-order valence-corrected chi connectivity index (χ2v) is 6.79. The minimum absolute atomic E-state index is 0.0437. The third-order valence-corrected chi connectivity index (χ3v) is 4.86. The van der Waals surface area contributed by atoms with Gasteiger partial charge in [0.1, 0.15) is 5.65 Å². The summed E-state index contributed by atoms with van der Waals surface area (Å²) in [6.45, 7) is 2.89. The Labute approximate surface area is 146 Å². The van der Waals surface area contributed by atoms with Crippen molar-refractivity contribution < 1.29 is 9.90 Å². The van der Waals surface area contributed by atoms with Gasteiger partial charge in [0.2, 0.25) is 0 Å². The third-order valence-electron chi connectivity index (χ3n) is 4.86. The van der Waals surface area contributed by atoms with Crippen LogP contribution in [0.3, 0.4) is 0 Å². The minimum Gasteiger partial charge on any atom is -0.391 e. The number of nitrogens with zero attached hydrogens (tertiary/aromatic N) is 3. The Morgan fingerprint density at radius 1 is 1.24 bits per heavy atom. The average Bonchev–Trinajstić information content (AvgIpc) is 3.16. The van der Waals surface area contributed by atoms with Crippen molar-refractivity contribution >= 4 is 11.6 Å². The molecule has 25 heavy (non-hydrogen) atoms. The van der Waals surface area contributed by atoms with Crippen molar-refractivity contribution in [3.05, 3.63) is 71.7 Å². The van der Waals surface area contributed by atoms with Gasteiger partial charge in [-0.3, -0.25) is 4.79 Å². The first kappa shape index (κ1) is 15.8. The summed E-state index contributed by atoms with van der Waals surface area (Å²) in [5, 5.41) is 10.4. The highest BCUT2D eigenvalue weighted by molar-refractivity contribution is 5.95. The summed E-state index contributed by atoms with van der Waals surface area (Å²) in [5.74, 6) is 0.0292. The number of aliphatic hydroxyl groups excluding tert-OH is 1. The number of β-amino-alcohol motifs (C(OH)–C–C–N with tert-alkyl or cyclic N) is 1. The number of carbonyl (C=O) groups excluding carboxylic acids is 1. The molecule has 0 spiro atoms. The van der Waals surface area contributed by atoms with Crippen LogP contribution >= 0.6 is 0 Å². The van der Waals surface area contributed by atoms with Gasteiger partial charge in [0.05, 0.1) is 11.8 Å². The second kappa shape index (κ2) is 6.33. The lowest BCUT2D eigenvalue weighted by Gasteiger charge is -2.16. The molecular formula is C20H21N3O2. The number of rotatable bonds is 3. The van der Waals surface area contributed by atoms with E-state index in [9.17, 15) is 9.90 Å². The van der Waals surface area contributed by atoms with E-state index in [-0.39, 0.29) is 11.8 Å². The maximum absolute atomic E-state index is 12.8. The van der Waals surface area contributed by atoms with Crippen LogP contribution in [0.25, 0.3) is 5.65 Å². The van der Waals surface area contributed by atoms with Gasteiger partial charge in [-0.05, 0) is 31.0 Å². The SMILES string of the molecule is Cc1cn2ccc(C(=O)N3C[C@@H](Cc4ccccc4)[C@H](O)C3)cc2n1. The molecule has 0 aliphatic carbocycles. The molecule has 5 nitrogen and oxygen atoms in total. The quantitative estimate of drug-likeness (QED) is 0.799. The minimum atomic E-state index is -0.485. The Morgan fingerprint density at radius 3 is 2.84 bits per heavy atom. The normalized spacial score (nSPS) is 20.3. The first-order valence-electron chi connectivity index (χ1n) is 8.57. The number of aryl methyl sites for hydroxylation is 1. The third kappa shape index (κ3) is 3.15. The molecule has 1 aliphatic rings. The maximum Gasteiger partial charge on any atom is 0.254 e. The van der Waals surface area contributed by atoms with Gasteiger partial charge in [0.15, 0.2) is 0 Å². The summed E-state index contributed by atoms with van der Waals surface area (Å²) in [5.41, 5.74) is 3.49. The molecule has 2 atom stereocenters. The van der Waals surface area contributed by atoms with Gasteiger partial charge in [-0.2, -0.15) is 0 Å². The number of aliphatic hydroxyl groups is 1. The molecule has 0 saturated carbocycles. The number of fused-ring (bicyclic) bond motifs is 1. The predicted octanol–water partition coefficient (Wildman–Crippen LogP) is 2.32. The number of carbonyl (C=O) groups is 1. The summed E-state index contributed by atoms with van der Waals surface area (Å²) < 4.78 is 1.91. The van der Waals surface area contributed by atoms with E-state index < -0.39 is 6.10 Å². The fraction of sp³-hybridized carbons (Fsp3) is 0.300. The van der Waals surface area contributed by atoms with Crippen molar-refractivity contribution in [3.63, 3.8) is 0 Å². The molecule has 1 aromatic carbocycles. The van der Waals surface area contributed by atoms with Crippen LogP contribution in [0, 0.1) is 12.8 Å². The number of likely N-dealkylation sites (tertiary alicyclic amines) is 1. The van der Waals surface area contributed by atoms with Crippen LogP contribution in [0.15, 0.2) is 54.9 Å². The Balaban J connectivity index is 1.50. The van der Waals surface area contributed by atoms with Gasteiger partial charge >= 0.3 is 0 Å². The van der Waals surface area contributed by atoms with Crippen LogP contribution < -0.4 is 0 Å². The van der Waals surface area contributed by atoms with Crippen LogP contribution in [0.4, 0.5) is 0 Å². The first-order chi connectivity index (χ1) is 12.1. The van der Waals surface area contributed by atoms with Crippen molar-refractivity contribution in [1.29, 1.82) is 0 Å². The Kier molecular flexibility index (Phi) is 4.01. The van der Waals surface area contributed by atoms with E-state index in [0.29, 0.717) is 18.7 Å². The zero-order valence-electron chi connectivity index (χ0n) is 14.2. The van der Waals surface area contributed by atoms with E-state index in [1.54, 1.807) is 4.90 Å². The molecule has 4 rings (SSSR count). The summed E-state index contributed by atoms with van der Waals surface area (Å²) in [4.78, 5) is 19.0. The lowest BCUT2D eigenvalue weighted by atomic mass is 9.97. The first-order valence-corrected chi connectivity index (χ1v) is 8.57. The summed E-state index contributed by atoms with van der Waals surface area (Å²) >= 11 is 0. The standard InChI is InChI=1S/C20H21N3O2/c1-14-11-22-8-7-16(10-19(22)21-14)20(25)23-12-17(18(24)13-23)9-15-5-3-2-4-6-15/h2-8,10-11,17-18,24H,9,12-13H2,1H3/t17-,18-/m1/s1. The largest absolute Gasteiger partial charge is 0.391 e. The van der Waals surface area contributed by atoms with Crippen molar-refractivity contribution in [1.82, 2.24) is 14.3 Å². The molecule has 3 aromatic rings. The molecule has 1 amide bonds. The lowest BCUT2D eigenvalue weighted by Crippen LogP contribution is -2.29. The number of pyridine rings is 1. The zero-order valence-corrected chi connectivity index (χ0v) is 14.2. The van der Waals surface area contributed by atoms with Crippen LogP contribution in [-0.4, -0.2) is 44.5 Å². The Hall–Kier alpha value is -2.66. The van der Waals surface area contributed by atoms with Crippen molar-refractivity contribution in [2.24, 2.45) is 5.92 Å². The molecule has 2 aromatic heterocycles. The Morgan fingerprint density at radius 2 is 2.04 bits per heavy atom. The van der Waals surface area contributed by atoms with Gasteiger partial charge in [0, 0.05) is 37.0 Å². The van der Waals surface area contributed by atoms with Gasteiger partial charge in [0.25, 0.3) is 5.91 Å². The topological polar surface area (TPSA) is 57.8 Å². The number of imidazole rings is 1. The molecule has 128 valence electrons. The number of aromatic nitrogens is 2. The Bertz CT molecular complexity index is 904. The predicted molar refractivity (Wildman–Crippen MR) is 95.5 cm³/mol. The van der Waals surface area contributed by atoms with Gasteiger partial charge < -0.3 is 14.4 Å². The van der Waals surface area contributed by atoms with Gasteiger partial charge in [-0.25, -0.2) is 4.98 Å². The van der Waals surface area contributed by atoms with E-state index in [0.717, 1.165) is 17.8 Å². The van der Waals surface area contributed by atoms with Gasteiger partial charge in [-0.15, -0.1) is 0 Å². The molecule has 0 unspecified atom stereocenters. The van der Waals surface area contributed by atoms with E-state index in [4.69, 9.17) is 0 Å². The van der Waals surface area contributed by atoms with E-state index >= 15 is 0 Å². The molecule has 1 saturated heterocycles. The highest BCUT2D eigenvalue weighted by Gasteiger charge is 2.34. The summed E-state index contributed by atoms with van der Waals surface area (Å²) in [6, 6.07) is 13.7. The number of hydrogen-bond acceptors (Lipinski definition) is 3. The molecule has 1 fully saturated rings. The van der Waals surface area contributed by atoms with Crippen LogP contribution in [0.2, 0.25) is 0 Å². The average molecular weight is 335 g/mol. The fourth-order valence-corrected chi connectivity index (χ4v) is 3.56. The number of amides is 1. The highest BCUT2D eigenvalue weighted by atomic mass is 16.3.